The third kappa shape index (κ3) is 2.24. The predicted octanol–water partition coefficient (Wildman–Crippen LogP) is 2.73. The van der Waals surface area contributed by atoms with Crippen LogP contribution in [0, 0.1) is 0 Å². The van der Waals surface area contributed by atoms with Crippen LogP contribution in [-0.2, 0) is 4.84 Å². The molecule has 2 unspecified atom stereocenters. The van der Waals surface area contributed by atoms with E-state index in [4.69, 9.17) is 4.84 Å². The molecule has 2 heterocycles. The molecule has 2 aliphatic rings. The van der Waals surface area contributed by atoms with Crippen molar-refractivity contribution >= 4 is 43.1 Å². The number of rotatable bonds is 1. The van der Waals surface area contributed by atoms with E-state index in [-0.39, 0.29) is 5.60 Å². The Kier molecular flexibility index (Phi) is 3.38. The van der Waals surface area contributed by atoms with Crippen LogP contribution in [0.15, 0.2) is 5.16 Å². The SMILES string of the molecule is CC(I)N1CCCC2(CC(Br)=NO2)C1. The molecule has 1 fully saturated rings. The van der Waals surface area contributed by atoms with Gasteiger partial charge in [0.15, 0.2) is 5.60 Å². The predicted molar refractivity (Wildman–Crippen MR) is 69.1 cm³/mol. The number of halogens is 2. The molecule has 0 N–H and O–H groups in total. The lowest BCUT2D eigenvalue weighted by atomic mass is 9.90. The monoisotopic (exact) mass is 372 g/mol. The molecule has 0 aromatic rings. The fourth-order valence-corrected chi connectivity index (χ4v) is 3.19. The minimum Gasteiger partial charge on any atom is -0.387 e. The molecule has 0 aliphatic carbocycles. The Labute approximate surface area is 106 Å². The van der Waals surface area contributed by atoms with Gasteiger partial charge in [-0.15, -0.1) is 0 Å². The lowest BCUT2D eigenvalue weighted by Gasteiger charge is -2.39. The Balaban J connectivity index is 2.01. The maximum atomic E-state index is 5.57. The molecular weight excluding hydrogens is 359 g/mol. The Morgan fingerprint density at radius 2 is 2.50 bits per heavy atom. The van der Waals surface area contributed by atoms with Gasteiger partial charge in [-0.05, 0) is 42.2 Å². The summed E-state index contributed by atoms with van der Waals surface area (Å²) < 4.78 is 1.54. The van der Waals surface area contributed by atoms with Crippen molar-refractivity contribution in [2.75, 3.05) is 13.1 Å². The van der Waals surface area contributed by atoms with Crippen molar-refractivity contribution in [3.8, 4) is 0 Å². The van der Waals surface area contributed by atoms with Crippen LogP contribution >= 0.6 is 38.5 Å². The minimum absolute atomic E-state index is 0.0312. The molecule has 80 valence electrons. The number of alkyl halides is 1. The zero-order valence-electron chi connectivity index (χ0n) is 8.17. The van der Waals surface area contributed by atoms with Gasteiger partial charge in [0, 0.05) is 13.0 Å². The summed E-state index contributed by atoms with van der Waals surface area (Å²) >= 11 is 5.87. The minimum atomic E-state index is -0.0312. The summed E-state index contributed by atoms with van der Waals surface area (Å²) in [6, 6.07) is 0. The van der Waals surface area contributed by atoms with Gasteiger partial charge in [0.05, 0.1) is 4.05 Å². The highest BCUT2D eigenvalue weighted by atomic mass is 127. The first-order chi connectivity index (χ1) is 6.61. The Bertz CT molecular complexity index is 259. The molecule has 0 aromatic heterocycles. The number of nitrogens with zero attached hydrogens (tertiary/aromatic N) is 2. The second-order valence-corrected chi connectivity index (χ2v) is 6.78. The molecule has 1 spiro atoms. The van der Waals surface area contributed by atoms with Gasteiger partial charge in [0.1, 0.15) is 4.62 Å². The van der Waals surface area contributed by atoms with Gasteiger partial charge in [-0.3, -0.25) is 4.90 Å². The second kappa shape index (κ2) is 4.25. The third-order valence-corrected chi connectivity index (χ3v) is 4.09. The first kappa shape index (κ1) is 11.1. The average molecular weight is 373 g/mol. The summed E-state index contributed by atoms with van der Waals surface area (Å²) in [6.45, 7) is 4.42. The number of likely N-dealkylation sites (tertiary alicyclic amines) is 1. The molecule has 0 amide bonds. The highest BCUT2D eigenvalue weighted by Gasteiger charge is 2.42. The van der Waals surface area contributed by atoms with E-state index in [0.717, 1.165) is 24.0 Å². The first-order valence-electron chi connectivity index (χ1n) is 4.90. The fourth-order valence-electron chi connectivity index (χ4n) is 2.13. The Morgan fingerprint density at radius 3 is 3.07 bits per heavy atom. The van der Waals surface area contributed by atoms with E-state index in [1.54, 1.807) is 0 Å². The highest BCUT2D eigenvalue weighted by molar-refractivity contribution is 14.1. The largest absolute Gasteiger partial charge is 0.387 e. The summed E-state index contributed by atoms with van der Waals surface area (Å²) in [5, 5.41) is 4.01. The van der Waals surface area contributed by atoms with Crippen molar-refractivity contribution in [1.29, 1.82) is 0 Å². The first-order valence-corrected chi connectivity index (χ1v) is 6.94. The lowest BCUT2D eigenvalue weighted by molar-refractivity contribution is -0.0688. The van der Waals surface area contributed by atoms with Crippen LogP contribution in [0.4, 0.5) is 0 Å². The van der Waals surface area contributed by atoms with Gasteiger partial charge >= 0.3 is 0 Å². The van der Waals surface area contributed by atoms with Crippen molar-refractivity contribution in [1.82, 2.24) is 4.90 Å². The Morgan fingerprint density at radius 1 is 1.71 bits per heavy atom. The second-order valence-electron chi connectivity index (χ2n) is 4.07. The summed E-state index contributed by atoms with van der Waals surface area (Å²) in [4.78, 5) is 8.03. The van der Waals surface area contributed by atoms with Crippen molar-refractivity contribution < 1.29 is 4.84 Å². The molecule has 1 saturated heterocycles. The normalized spacial score (nSPS) is 35.5. The summed E-state index contributed by atoms with van der Waals surface area (Å²) in [5.41, 5.74) is -0.0312. The zero-order valence-corrected chi connectivity index (χ0v) is 11.9. The van der Waals surface area contributed by atoms with Gasteiger partial charge in [0.25, 0.3) is 0 Å². The number of piperidine rings is 1. The topological polar surface area (TPSA) is 24.8 Å². The van der Waals surface area contributed by atoms with Gasteiger partial charge in [-0.2, -0.15) is 0 Å². The van der Waals surface area contributed by atoms with Crippen LogP contribution in [0.2, 0.25) is 0 Å². The molecule has 0 bridgehead atoms. The van der Waals surface area contributed by atoms with Crippen LogP contribution in [0.5, 0.6) is 0 Å². The van der Waals surface area contributed by atoms with Gasteiger partial charge in [-0.25, -0.2) is 0 Å². The Hall–Kier alpha value is 0.640. The molecule has 0 radical (unpaired) electrons. The molecule has 0 aromatic carbocycles. The van der Waals surface area contributed by atoms with E-state index in [9.17, 15) is 0 Å². The van der Waals surface area contributed by atoms with E-state index in [1.165, 1.54) is 13.0 Å². The van der Waals surface area contributed by atoms with Crippen molar-refractivity contribution in [2.24, 2.45) is 5.16 Å². The standard InChI is InChI=1S/C9H14BrIN2O/c1-7(11)13-4-2-3-9(6-13)5-8(10)12-14-9/h7H,2-6H2,1H3. The van der Waals surface area contributed by atoms with Crippen LogP contribution in [-0.4, -0.2) is 32.3 Å². The molecule has 5 heteroatoms. The number of hydrogen-bond donors (Lipinski definition) is 0. The van der Waals surface area contributed by atoms with Crippen LogP contribution in [0.3, 0.4) is 0 Å². The van der Waals surface area contributed by atoms with Crippen molar-refractivity contribution in [3.05, 3.63) is 0 Å². The quantitative estimate of drug-likeness (QED) is 0.401. The number of hydrogen-bond acceptors (Lipinski definition) is 3. The van der Waals surface area contributed by atoms with E-state index in [2.05, 4.69) is 55.5 Å². The van der Waals surface area contributed by atoms with E-state index < -0.39 is 0 Å². The van der Waals surface area contributed by atoms with Gasteiger partial charge in [0.2, 0.25) is 0 Å². The van der Waals surface area contributed by atoms with E-state index >= 15 is 0 Å². The maximum absolute atomic E-state index is 5.57. The van der Waals surface area contributed by atoms with Crippen LogP contribution < -0.4 is 0 Å². The molecule has 2 aliphatic heterocycles. The summed E-state index contributed by atoms with van der Waals surface area (Å²) in [6.07, 6.45) is 3.28. The molecule has 2 rings (SSSR count). The van der Waals surface area contributed by atoms with Crippen molar-refractivity contribution in [3.63, 3.8) is 0 Å². The maximum Gasteiger partial charge on any atom is 0.156 e. The molecular formula is C9H14BrIN2O. The molecule has 3 nitrogen and oxygen atoms in total. The third-order valence-electron chi connectivity index (χ3n) is 2.88. The van der Waals surface area contributed by atoms with E-state index in [0.29, 0.717) is 4.05 Å². The smallest absolute Gasteiger partial charge is 0.156 e. The summed E-state index contributed by atoms with van der Waals surface area (Å²) in [7, 11) is 0. The van der Waals surface area contributed by atoms with Gasteiger partial charge in [-0.1, -0.05) is 27.7 Å². The summed E-state index contributed by atoms with van der Waals surface area (Å²) in [5.74, 6) is 0. The fraction of sp³-hybridized carbons (Fsp3) is 0.889. The van der Waals surface area contributed by atoms with Crippen molar-refractivity contribution in [2.45, 2.75) is 35.8 Å². The molecule has 2 atom stereocenters. The molecule has 14 heavy (non-hydrogen) atoms. The number of oxime groups is 1. The van der Waals surface area contributed by atoms with Crippen LogP contribution in [0.1, 0.15) is 26.2 Å². The van der Waals surface area contributed by atoms with Gasteiger partial charge < -0.3 is 4.84 Å². The lowest BCUT2D eigenvalue weighted by Crippen LogP contribution is -2.49. The molecule has 0 saturated carbocycles. The average Bonchev–Trinajstić information content (AvgIpc) is 2.47. The van der Waals surface area contributed by atoms with E-state index in [1.807, 2.05) is 0 Å². The van der Waals surface area contributed by atoms with Crippen LogP contribution in [0.25, 0.3) is 0 Å². The zero-order chi connectivity index (χ0) is 10.2. The highest BCUT2D eigenvalue weighted by Crippen LogP contribution is 2.35.